The van der Waals surface area contributed by atoms with Crippen molar-refractivity contribution in [3.05, 3.63) is 90.5 Å². The minimum absolute atomic E-state index is 0.888. The van der Waals surface area contributed by atoms with E-state index in [-0.39, 0.29) is 0 Å². The maximum absolute atomic E-state index is 7.52. The maximum Gasteiger partial charge on any atom is 0.388 e. The van der Waals surface area contributed by atoms with Gasteiger partial charge in [0, 0.05) is 0 Å². The Morgan fingerprint density at radius 3 is 1.54 bits per heavy atom. The van der Waals surface area contributed by atoms with Crippen LogP contribution in [0.4, 0.5) is 0 Å². The second-order valence-electron chi connectivity index (χ2n) is 11.7. The Kier molecular flexibility index (Phi) is 9.95. The van der Waals surface area contributed by atoms with E-state index >= 15 is 0 Å². The molecule has 3 aromatic rings. The Bertz CT molecular complexity index is 1070. The van der Waals surface area contributed by atoms with Crippen LogP contribution >= 0.6 is 0 Å². The number of ether oxygens (including phenoxy) is 1. The number of hydrogen-bond acceptors (Lipinski definition) is 4. The molecule has 0 saturated heterocycles. The lowest BCUT2D eigenvalue weighted by Crippen LogP contribution is -2.71. The fraction of sp³-hybridized carbons (Fsp3) is 0.379. The molecule has 0 spiro atoms. The van der Waals surface area contributed by atoms with Gasteiger partial charge in [0.1, 0.15) is 5.75 Å². The molecule has 0 aliphatic rings. The van der Waals surface area contributed by atoms with Crippen LogP contribution in [0.5, 0.6) is 5.75 Å². The van der Waals surface area contributed by atoms with E-state index in [0.717, 1.165) is 35.0 Å². The molecule has 3 rings (SSSR count). The van der Waals surface area contributed by atoms with Gasteiger partial charge in [0.05, 0.1) is 7.11 Å². The fourth-order valence-corrected chi connectivity index (χ4v) is 22.0. The molecule has 37 heavy (non-hydrogen) atoms. The molecule has 4 nitrogen and oxygen atoms in total. The molecule has 1 atom stereocenters. The molecule has 0 heterocycles. The topological polar surface area (TPSA) is 36.9 Å². The molecule has 0 N–H and O–H groups in total. The van der Waals surface area contributed by atoms with Gasteiger partial charge in [-0.05, 0) is 86.7 Å². The first-order chi connectivity index (χ1) is 17.4. The highest BCUT2D eigenvalue weighted by Gasteiger charge is 2.52. The van der Waals surface area contributed by atoms with Crippen LogP contribution in [0.25, 0.3) is 0 Å². The van der Waals surface area contributed by atoms with Crippen molar-refractivity contribution in [1.29, 1.82) is 0 Å². The number of methoxy groups -OCH3 is 1. The highest BCUT2D eigenvalue weighted by molar-refractivity contribution is 7.02. The molecular weight excluding hydrogens is 525 g/mol. The highest BCUT2D eigenvalue weighted by atomic mass is 28.5. The van der Waals surface area contributed by atoms with E-state index in [2.05, 4.69) is 119 Å². The summed E-state index contributed by atoms with van der Waals surface area (Å²) >= 11 is 0. The van der Waals surface area contributed by atoms with Crippen molar-refractivity contribution in [2.45, 2.75) is 64.7 Å². The first kappa shape index (κ1) is 29.8. The normalized spacial score (nSPS) is 14.3. The summed E-state index contributed by atoms with van der Waals surface area (Å²) in [6.07, 6.45) is 1.89. The largest absolute Gasteiger partial charge is 0.496 e. The monoisotopic (exact) mass is 568 g/mol. The predicted molar refractivity (Wildman–Crippen MR) is 166 cm³/mol. The Labute approximate surface area is 228 Å². The molecule has 0 aromatic heterocycles. The molecule has 3 aromatic carbocycles. The quantitative estimate of drug-likeness (QED) is 0.216. The zero-order chi connectivity index (χ0) is 27.2. The lowest BCUT2D eigenvalue weighted by Gasteiger charge is -2.44. The van der Waals surface area contributed by atoms with Gasteiger partial charge >= 0.3 is 17.1 Å². The van der Waals surface area contributed by atoms with Crippen molar-refractivity contribution in [1.82, 2.24) is 0 Å². The van der Waals surface area contributed by atoms with Crippen LogP contribution in [0, 0.1) is 0 Å². The SMILES string of the molecule is COc1ccccc1CCC[Si](C)(O[Si](C)(C)C)O[Si](O[Si](C)(C)C)(c1ccccc1)c1ccccc1. The van der Waals surface area contributed by atoms with Gasteiger partial charge in [-0.3, -0.25) is 0 Å². The van der Waals surface area contributed by atoms with Crippen LogP contribution in [0.3, 0.4) is 0 Å². The third-order valence-electron chi connectivity index (χ3n) is 5.91. The molecule has 8 heteroatoms. The summed E-state index contributed by atoms with van der Waals surface area (Å²) < 4.78 is 27.4. The highest BCUT2D eigenvalue weighted by Crippen LogP contribution is 2.30. The van der Waals surface area contributed by atoms with E-state index in [1.807, 2.05) is 12.1 Å². The lowest BCUT2D eigenvalue weighted by atomic mass is 10.1. The van der Waals surface area contributed by atoms with E-state index in [4.69, 9.17) is 17.1 Å². The number of para-hydroxylation sites is 1. The predicted octanol–water partition coefficient (Wildman–Crippen LogP) is 6.68. The van der Waals surface area contributed by atoms with Crippen LogP contribution in [0.2, 0.25) is 51.9 Å². The third kappa shape index (κ3) is 8.61. The number of aryl methyl sites for hydroxylation is 1. The summed E-state index contributed by atoms with van der Waals surface area (Å²) in [5.74, 6) is 0.942. The molecule has 0 aliphatic heterocycles. The summed E-state index contributed by atoms with van der Waals surface area (Å²) in [4.78, 5) is 0. The second-order valence-corrected chi connectivity index (χ2v) is 27.7. The fourth-order valence-electron chi connectivity index (χ4n) is 4.75. The van der Waals surface area contributed by atoms with E-state index in [0.29, 0.717) is 0 Å². The molecule has 0 saturated carbocycles. The summed E-state index contributed by atoms with van der Waals surface area (Å²) in [7, 11) is -7.94. The zero-order valence-corrected chi connectivity index (χ0v) is 27.8. The van der Waals surface area contributed by atoms with E-state index in [9.17, 15) is 0 Å². The minimum Gasteiger partial charge on any atom is -0.496 e. The average Bonchev–Trinajstić information content (AvgIpc) is 2.83. The standard InChI is InChI=1S/C29H44O4Si4/c1-30-29-24-16-15-18-26(29)19-17-25-36(8,31-34(2,3)4)33-37(32-35(5,6)7,27-20-11-9-12-21-27)28-22-13-10-14-23-28/h9-16,18,20-24H,17,19,25H2,1-8H3. The molecule has 0 amide bonds. The van der Waals surface area contributed by atoms with Gasteiger partial charge in [0.25, 0.3) is 0 Å². The van der Waals surface area contributed by atoms with Gasteiger partial charge < -0.3 is 17.1 Å². The van der Waals surface area contributed by atoms with E-state index in [1.54, 1.807) is 7.11 Å². The summed E-state index contributed by atoms with van der Waals surface area (Å²) in [6.45, 7) is 15.8. The molecular formula is C29H44O4Si4. The van der Waals surface area contributed by atoms with Crippen molar-refractivity contribution in [3.8, 4) is 5.75 Å². The van der Waals surface area contributed by atoms with Crippen molar-refractivity contribution >= 4 is 44.1 Å². The van der Waals surface area contributed by atoms with Crippen LogP contribution in [0.1, 0.15) is 12.0 Å². The number of benzene rings is 3. The van der Waals surface area contributed by atoms with Crippen LogP contribution in [-0.4, -0.2) is 40.9 Å². The van der Waals surface area contributed by atoms with Crippen molar-refractivity contribution in [2.24, 2.45) is 0 Å². The Morgan fingerprint density at radius 2 is 1.05 bits per heavy atom. The Balaban J connectivity index is 2.05. The van der Waals surface area contributed by atoms with Gasteiger partial charge in [-0.25, -0.2) is 0 Å². The first-order valence-corrected chi connectivity index (χ1v) is 24.3. The van der Waals surface area contributed by atoms with Gasteiger partial charge in [-0.15, -0.1) is 0 Å². The smallest absolute Gasteiger partial charge is 0.388 e. The van der Waals surface area contributed by atoms with Gasteiger partial charge in [-0.1, -0.05) is 78.9 Å². The first-order valence-electron chi connectivity index (χ1n) is 13.2. The van der Waals surface area contributed by atoms with Crippen molar-refractivity contribution in [3.63, 3.8) is 0 Å². The van der Waals surface area contributed by atoms with Gasteiger partial charge in [0.2, 0.25) is 0 Å². The maximum atomic E-state index is 7.52. The summed E-state index contributed by atoms with van der Waals surface area (Å²) in [6, 6.07) is 30.4. The second kappa shape index (κ2) is 12.4. The Hall–Kier alpha value is -1.79. The van der Waals surface area contributed by atoms with Crippen molar-refractivity contribution < 1.29 is 17.1 Å². The minimum atomic E-state index is -3.07. The molecule has 0 aliphatic carbocycles. The summed E-state index contributed by atoms with van der Waals surface area (Å²) in [5, 5.41) is 2.29. The number of rotatable bonds is 13. The Morgan fingerprint density at radius 1 is 0.568 bits per heavy atom. The van der Waals surface area contributed by atoms with Crippen LogP contribution in [0.15, 0.2) is 84.9 Å². The van der Waals surface area contributed by atoms with Gasteiger partial charge in [-0.2, -0.15) is 0 Å². The molecule has 0 bridgehead atoms. The van der Waals surface area contributed by atoms with E-state index in [1.165, 1.54) is 5.56 Å². The van der Waals surface area contributed by atoms with Crippen LogP contribution < -0.4 is 15.1 Å². The van der Waals surface area contributed by atoms with Crippen molar-refractivity contribution in [2.75, 3.05) is 7.11 Å². The molecule has 200 valence electrons. The number of hydrogen-bond donors (Lipinski definition) is 0. The van der Waals surface area contributed by atoms with Crippen LogP contribution in [-0.2, 0) is 18.8 Å². The average molecular weight is 569 g/mol. The molecule has 0 fully saturated rings. The third-order valence-corrected chi connectivity index (χ3v) is 20.0. The van der Waals surface area contributed by atoms with Gasteiger partial charge in [0.15, 0.2) is 16.6 Å². The zero-order valence-electron chi connectivity index (χ0n) is 23.8. The van der Waals surface area contributed by atoms with E-state index < -0.39 is 33.8 Å². The molecule has 0 radical (unpaired) electrons. The molecule has 1 unspecified atom stereocenters. The lowest BCUT2D eigenvalue weighted by molar-refractivity contribution is 0.333. The summed E-state index contributed by atoms with van der Waals surface area (Å²) in [5.41, 5.74) is 1.22.